The van der Waals surface area contributed by atoms with Crippen LogP contribution in [0.5, 0.6) is 5.75 Å². The van der Waals surface area contributed by atoms with Crippen LogP contribution in [0.25, 0.3) is 0 Å². The minimum absolute atomic E-state index is 0.263. The SMILES string of the molecule is CC(N)Cc1cc(F)c(OCOCC(F)(F)F)c(F)c1. The predicted octanol–water partition coefficient (Wildman–Crippen LogP) is 2.77. The average Bonchev–Trinajstić information content (AvgIpc) is 2.24. The summed E-state index contributed by atoms with van der Waals surface area (Å²) < 4.78 is 71.0. The Morgan fingerprint density at radius 3 is 2.20 bits per heavy atom. The third-order valence-electron chi connectivity index (χ3n) is 2.17. The van der Waals surface area contributed by atoms with Crippen molar-refractivity contribution in [3.8, 4) is 5.75 Å². The van der Waals surface area contributed by atoms with Gasteiger partial charge >= 0.3 is 6.18 Å². The van der Waals surface area contributed by atoms with Crippen LogP contribution in [0.1, 0.15) is 12.5 Å². The number of ether oxygens (including phenoxy) is 2. The van der Waals surface area contributed by atoms with Crippen LogP contribution in [0, 0.1) is 11.6 Å². The monoisotopic (exact) mass is 299 g/mol. The Hall–Kier alpha value is -1.41. The van der Waals surface area contributed by atoms with E-state index in [1.807, 2.05) is 0 Å². The molecule has 0 spiro atoms. The molecular formula is C12H14F5NO2. The Bertz CT molecular complexity index is 425. The summed E-state index contributed by atoms with van der Waals surface area (Å²) >= 11 is 0. The molecule has 0 aromatic heterocycles. The van der Waals surface area contributed by atoms with Crippen LogP contribution < -0.4 is 10.5 Å². The molecule has 0 aliphatic rings. The molecule has 0 heterocycles. The van der Waals surface area contributed by atoms with Gasteiger partial charge in [0.15, 0.2) is 24.2 Å². The number of halogens is 5. The maximum Gasteiger partial charge on any atom is 0.411 e. The van der Waals surface area contributed by atoms with E-state index in [0.29, 0.717) is 5.56 Å². The fourth-order valence-corrected chi connectivity index (χ4v) is 1.50. The van der Waals surface area contributed by atoms with Gasteiger partial charge in [0.1, 0.15) is 6.61 Å². The van der Waals surface area contributed by atoms with E-state index in [0.717, 1.165) is 12.1 Å². The van der Waals surface area contributed by atoms with Crippen LogP contribution in [-0.4, -0.2) is 25.6 Å². The van der Waals surface area contributed by atoms with Gasteiger partial charge in [-0.15, -0.1) is 0 Å². The van der Waals surface area contributed by atoms with Crippen molar-refractivity contribution in [3.05, 3.63) is 29.3 Å². The van der Waals surface area contributed by atoms with Crippen LogP contribution in [0.3, 0.4) is 0 Å². The molecule has 1 aromatic rings. The predicted molar refractivity (Wildman–Crippen MR) is 61.2 cm³/mol. The molecule has 0 bridgehead atoms. The highest BCUT2D eigenvalue weighted by molar-refractivity contribution is 5.31. The standard InChI is InChI=1S/C12H14F5NO2/c1-7(18)2-8-3-9(13)11(10(14)4-8)20-6-19-5-12(15,16)17/h3-4,7H,2,5-6,18H2,1H3. The second kappa shape index (κ2) is 6.85. The zero-order chi connectivity index (χ0) is 15.3. The number of rotatable bonds is 6. The lowest BCUT2D eigenvalue weighted by Gasteiger charge is -2.12. The number of hydrogen-bond donors (Lipinski definition) is 1. The lowest BCUT2D eigenvalue weighted by Crippen LogP contribution is -2.20. The minimum atomic E-state index is -4.53. The second-order valence-electron chi connectivity index (χ2n) is 4.30. The van der Waals surface area contributed by atoms with Crippen molar-refractivity contribution in [2.24, 2.45) is 5.73 Å². The molecule has 0 saturated heterocycles. The van der Waals surface area contributed by atoms with E-state index in [2.05, 4.69) is 9.47 Å². The van der Waals surface area contributed by atoms with Gasteiger partial charge in [-0.25, -0.2) is 8.78 Å². The highest BCUT2D eigenvalue weighted by Gasteiger charge is 2.27. The van der Waals surface area contributed by atoms with Crippen LogP contribution in [0.15, 0.2) is 12.1 Å². The third-order valence-corrected chi connectivity index (χ3v) is 2.17. The quantitative estimate of drug-likeness (QED) is 0.499. The molecule has 1 aromatic carbocycles. The summed E-state index contributed by atoms with van der Waals surface area (Å²) in [4.78, 5) is 0. The van der Waals surface area contributed by atoms with E-state index in [9.17, 15) is 22.0 Å². The van der Waals surface area contributed by atoms with E-state index in [1.54, 1.807) is 6.92 Å². The summed E-state index contributed by atoms with van der Waals surface area (Å²) in [5.41, 5.74) is 5.83. The van der Waals surface area contributed by atoms with E-state index in [-0.39, 0.29) is 12.5 Å². The lowest BCUT2D eigenvalue weighted by atomic mass is 10.1. The van der Waals surface area contributed by atoms with Gasteiger partial charge in [-0.1, -0.05) is 0 Å². The molecule has 3 nitrogen and oxygen atoms in total. The Balaban J connectivity index is 2.62. The van der Waals surface area contributed by atoms with Crippen molar-refractivity contribution in [1.29, 1.82) is 0 Å². The van der Waals surface area contributed by atoms with Gasteiger partial charge in [0.2, 0.25) is 0 Å². The van der Waals surface area contributed by atoms with E-state index in [4.69, 9.17) is 5.73 Å². The minimum Gasteiger partial charge on any atom is -0.461 e. The first kappa shape index (κ1) is 16.6. The zero-order valence-electron chi connectivity index (χ0n) is 10.6. The van der Waals surface area contributed by atoms with Crippen LogP contribution in [0.2, 0.25) is 0 Å². The molecule has 0 radical (unpaired) electrons. The molecule has 1 rings (SSSR count). The van der Waals surface area contributed by atoms with Gasteiger partial charge in [-0.3, -0.25) is 0 Å². The number of hydrogen-bond acceptors (Lipinski definition) is 3. The Labute approximate surface area is 112 Å². The van der Waals surface area contributed by atoms with Gasteiger partial charge in [0.25, 0.3) is 0 Å². The average molecular weight is 299 g/mol. The van der Waals surface area contributed by atoms with Crippen molar-refractivity contribution in [3.63, 3.8) is 0 Å². The number of nitrogens with two attached hydrogens (primary N) is 1. The summed E-state index contributed by atoms with van der Waals surface area (Å²) in [6.07, 6.45) is -4.26. The van der Waals surface area contributed by atoms with Gasteiger partial charge in [0, 0.05) is 6.04 Å². The van der Waals surface area contributed by atoms with Crippen LogP contribution in [0.4, 0.5) is 22.0 Å². The topological polar surface area (TPSA) is 44.5 Å². The van der Waals surface area contributed by atoms with Gasteiger partial charge in [0.05, 0.1) is 0 Å². The Kier molecular flexibility index (Phi) is 5.70. The van der Waals surface area contributed by atoms with Gasteiger partial charge in [-0.05, 0) is 31.0 Å². The molecule has 0 aliphatic carbocycles. The Morgan fingerprint density at radius 2 is 1.75 bits per heavy atom. The first-order valence-corrected chi connectivity index (χ1v) is 5.70. The summed E-state index contributed by atoms with van der Waals surface area (Å²) in [6.45, 7) is -0.788. The second-order valence-corrected chi connectivity index (χ2v) is 4.30. The van der Waals surface area contributed by atoms with Crippen molar-refractivity contribution >= 4 is 0 Å². The van der Waals surface area contributed by atoms with E-state index < -0.39 is 37.0 Å². The van der Waals surface area contributed by atoms with Crippen molar-refractivity contribution in [1.82, 2.24) is 0 Å². The summed E-state index contributed by atoms with van der Waals surface area (Å²) in [5.74, 6) is -2.81. The summed E-state index contributed by atoms with van der Waals surface area (Å²) in [7, 11) is 0. The fraction of sp³-hybridized carbons (Fsp3) is 0.500. The summed E-state index contributed by atoms with van der Waals surface area (Å²) in [5, 5.41) is 0. The maximum atomic E-state index is 13.5. The highest BCUT2D eigenvalue weighted by Crippen LogP contribution is 2.24. The van der Waals surface area contributed by atoms with Gasteiger partial charge < -0.3 is 15.2 Å². The normalized spacial score (nSPS) is 13.3. The fourth-order valence-electron chi connectivity index (χ4n) is 1.50. The molecule has 0 saturated carbocycles. The molecule has 2 N–H and O–H groups in total. The largest absolute Gasteiger partial charge is 0.461 e. The van der Waals surface area contributed by atoms with Crippen molar-refractivity contribution in [2.75, 3.05) is 13.4 Å². The molecule has 0 amide bonds. The van der Waals surface area contributed by atoms with Crippen LogP contribution in [-0.2, 0) is 11.2 Å². The first-order valence-electron chi connectivity index (χ1n) is 5.70. The smallest absolute Gasteiger partial charge is 0.411 e. The lowest BCUT2D eigenvalue weighted by molar-refractivity contribution is -0.187. The molecule has 0 aliphatic heterocycles. The molecule has 0 fully saturated rings. The zero-order valence-corrected chi connectivity index (χ0v) is 10.6. The van der Waals surface area contributed by atoms with Crippen molar-refractivity contribution < 1.29 is 31.4 Å². The molecule has 20 heavy (non-hydrogen) atoms. The molecule has 114 valence electrons. The molecule has 1 unspecified atom stereocenters. The first-order chi connectivity index (χ1) is 9.19. The molecule has 8 heteroatoms. The van der Waals surface area contributed by atoms with Gasteiger partial charge in [-0.2, -0.15) is 13.2 Å². The summed E-state index contributed by atoms with van der Waals surface area (Å²) in [6, 6.07) is 1.76. The Morgan fingerprint density at radius 1 is 1.20 bits per heavy atom. The molecule has 1 atom stereocenters. The molecular weight excluding hydrogens is 285 g/mol. The highest BCUT2D eigenvalue weighted by atomic mass is 19.4. The van der Waals surface area contributed by atoms with Crippen LogP contribution >= 0.6 is 0 Å². The van der Waals surface area contributed by atoms with Crippen molar-refractivity contribution in [2.45, 2.75) is 25.6 Å². The van der Waals surface area contributed by atoms with E-state index >= 15 is 0 Å². The number of alkyl halides is 3. The number of benzene rings is 1. The van der Waals surface area contributed by atoms with E-state index in [1.165, 1.54) is 0 Å². The maximum absolute atomic E-state index is 13.5. The third kappa shape index (κ3) is 5.70.